The molecule has 2 rings (SSSR count). The number of hydrogen-bond acceptors (Lipinski definition) is 4. The van der Waals surface area contributed by atoms with Crippen LogP contribution in [0.1, 0.15) is 35.7 Å². The molecule has 1 aromatic heterocycles. The smallest absolute Gasteiger partial charge is 0.313 e. The number of carbonyl (C=O) groups excluding carboxylic acids is 1. The Balaban J connectivity index is 2.42. The third-order valence-corrected chi connectivity index (χ3v) is 5.10. The van der Waals surface area contributed by atoms with Gasteiger partial charge < -0.3 is 9.64 Å². The summed E-state index contributed by atoms with van der Waals surface area (Å²) in [7, 11) is 5.59. The van der Waals surface area contributed by atoms with Crippen molar-refractivity contribution in [1.29, 1.82) is 0 Å². The van der Waals surface area contributed by atoms with Crippen LogP contribution in [0.25, 0.3) is 0 Å². The number of esters is 1. The highest BCUT2D eigenvalue weighted by atomic mass is 32.1. The molecule has 0 amide bonds. The molecule has 1 aliphatic carbocycles. The predicted molar refractivity (Wildman–Crippen MR) is 73.8 cm³/mol. The number of methoxy groups -OCH3 is 1. The van der Waals surface area contributed by atoms with Gasteiger partial charge in [-0.2, -0.15) is 0 Å². The van der Waals surface area contributed by atoms with Crippen molar-refractivity contribution in [2.75, 3.05) is 21.2 Å². The molecular weight excluding hydrogens is 246 g/mol. The van der Waals surface area contributed by atoms with Crippen LogP contribution in [0.15, 0.2) is 11.4 Å². The quantitative estimate of drug-likeness (QED) is 0.785. The molecule has 1 atom stereocenters. The summed E-state index contributed by atoms with van der Waals surface area (Å²) in [6.45, 7) is 2.12. The zero-order valence-corrected chi connectivity index (χ0v) is 12.3. The van der Waals surface area contributed by atoms with E-state index in [-0.39, 0.29) is 17.4 Å². The van der Waals surface area contributed by atoms with E-state index in [0.29, 0.717) is 0 Å². The summed E-state index contributed by atoms with van der Waals surface area (Å²) in [6, 6.07) is 2.26. The Labute approximate surface area is 113 Å². The van der Waals surface area contributed by atoms with Crippen molar-refractivity contribution in [2.45, 2.75) is 32.2 Å². The second-order valence-corrected chi connectivity index (χ2v) is 6.28. The van der Waals surface area contributed by atoms with Crippen LogP contribution in [0.4, 0.5) is 0 Å². The first kappa shape index (κ1) is 13.6. The van der Waals surface area contributed by atoms with Gasteiger partial charge in [-0.1, -0.05) is 6.42 Å². The highest BCUT2D eigenvalue weighted by Gasteiger charge is 2.53. The van der Waals surface area contributed by atoms with Gasteiger partial charge in [-0.15, -0.1) is 11.3 Å². The van der Waals surface area contributed by atoms with Crippen LogP contribution in [0.3, 0.4) is 0 Å². The predicted octanol–water partition coefficient (Wildman–Crippen LogP) is 3.00. The van der Waals surface area contributed by atoms with Crippen molar-refractivity contribution in [1.82, 2.24) is 4.90 Å². The van der Waals surface area contributed by atoms with Crippen LogP contribution in [0.2, 0.25) is 0 Å². The maximum Gasteiger partial charge on any atom is 0.313 e. The molecule has 3 nitrogen and oxygen atoms in total. The summed E-state index contributed by atoms with van der Waals surface area (Å²) in [4.78, 5) is 15.7. The largest absolute Gasteiger partial charge is 0.469 e. The molecule has 1 aromatic rings. The van der Waals surface area contributed by atoms with Gasteiger partial charge in [-0.25, -0.2) is 0 Å². The second kappa shape index (κ2) is 5.02. The highest BCUT2D eigenvalue weighted by molar-refractivity contribution is 7.10. The van der Waals surface area contributed by atoms with Crippen molar-refractivity contribution in [2.24, 2.45) is 5.41 Å². The SMILES string of the molecule is COC(=O)C1(C(c2sccc2C)N(C)C)CCC1. The lowest BCUT2D eigenvalue weighted by atomic mass is 9.63. The topological polar surface area (TPSA) is 29.5 Å². The van der Waals surface area contributed by atoms with Gasteiger partial charge >= 0.3 is 5.97 Å². The molecule has 100 valence electrons. The Bertz CT molecular complexity index is 435. The summed E-state index contributed by atoms with van der Waals surface area (Å²) in [6.07, 6.45) is 2.98. The molecule has 1 unspecified atom stereocenters. The van der Waals surface area contributed by atoms with E-state index in [0.717, 1.165) is 19.3 Å². The van der Waals surface area contributed by atoms with Crippen LogP contribution >= 0.6 is 11.3 Å². The zero-order valence-electron chi connectivity index (χ0n) is 11.5. The first-order valence-electron chi connectivity index (χ1n) is 6.32. The maximum atomic E-state index is 12.2. The number of ether oxygens (including phenoxy) is 1. The average Bonchev–Trinajstić information content (AvgIpc) is 2.68. The number of thiophene rings is 1. The summed E-state index contributed by atoms with van der Waals surface area (Å²) in [5, 5.41) is 2.10. The molecule has 18 heavy (non-hydrogen) atoms. The standard InChI is InChI=1S/C14H21NO2S/c1-10-6-9-18-11(10)12(15(2)3)14(7-5-8-14)13(16)17-4/h6,9,12H,5,7-8H2,1-4H3. The van der Waals surface area contributed by atoms with Gasteiger partial charge in [0.15, 0.2) is 0 Å². The van der Waals surface area contributed by atoms with Crippen LogP contribution in [0, 0.1) is 12.3 Å². The van der Waals surface area contributed by atoms with E-state index in [4.69, 9.17) is 4.74 Å². The van der Waals surface area contributed by atoms with E-state index in [1.54, 1.807) is 11.3 Å². The summed E-state index contributed by atoms with van der Waals surface area (Å²) >= 11 is 1.74. The van der Waals surface area contributed by atoms with Crippen molar-refractivity contribution in [3.63, 3.8) is 0 Å². The van der Waals surface area contributed by atoms with Crippen molar-refractivity contribution in [3.8, 4) is 0 Å². The van der Waals surface area contributed by atoms with E-state index < -0.39 is 0 Å². The molecule has 0 spiro atoms. The lowest BCUT2D eigenvalue weighted by molar-refractivity contribution is -0.164. The number of carbonyl (C=O) groups is 1. The van der Waals surface area contributed by atoms with Crippen molar-refractivity contribution < 1.29 is 9.53 Å². The Kier molecular flexibility index (Phi) is 3.78. The van der Waals surface area contributed by atoms with E-state index >= 15 is 0 Å². The van der Waals surface area contributed by atoms with Gasteiger partial charge in [0.05, 0.1) is 18.6 Å². The minimum Gasteiger partial charge on any atom is -0.469 e. The molecule has 0 saturated heterocycles. The summed E-state index contributed by atoms with van der Waals surface area (Å²) < 4.78 is 5.07. The van der Waals surface area contributed by atoms with Crippen molar-refractivity contribution in [3.05, 3.63) is 21.9 Å². The van der Waals surface area contributed by atoms with Crippen LogP contribution in [-0.4, -0.2) is 32.1 Å². The fourth-order valence-electron chi connectivity index (χ4n) is 2.99. The van der Waals surface area contributed by atoms with E-state index in [1.807, 2.05) is 14.1 Å². The van der Waals surface area contributed by atoms with Gasteiger partial charge in [0.1, 0.15) is 0 Å². The van der Waals surface area contributed by atoms with Crippen LogP contribution < -0.4 is 0 Å². The van der Waals surface area contributed by atoms with Gasteiger partial charge in [-0.05, 0) is 50.9 Å². The van der Waals surface area contributed by atoms with Gasteiger partial charge in [0, 0.05) is 4.88 Å². The molecule has 1 fully saturated rings. The Morgan fingerprint density at radius 3 is 2.50 bits per heavy atom. The Hall–Kier alpha value is -0.870. The number of aryl methyl sites for hydroxylation is 1. The average molecular weight is 267 g/mol. The summed E-state index contributed by atoms with van der Waals surface area (Å²) in [5.74, 6) is -0.0553. The minimum atomic E-state index is -0.339. The van der Waals surface area contributed by atoms with Crippen LogP contribution in [0.5, 0.6) is 0 Å². The van der Waals surface area contributed by atoms with Crippen LogP contribution in [-0.2, 0) is 9.53 Å². The molecular formula is C14H21NO2S. The number of hydrogen-bond donors (Lipinski definition) is 0. The monoisotopic (exact) mass is 267 g/mol. The normalized spacial score (nSPS) is 19.4. The minimum absolute atomic E-state index is 0.0553. The Morgan fingerprint density at radius 1 is 1.50 bits per heavy atom. The molecule has 0 radical (unpaired) electrons. The van der Waals surface area contributed by atoms with E-state index in [2.05, 4.69) is 23.3 Å². The zero-order chi connectivity index (χ0) is 13.3. The number of nitrogens with zero attached hydrogens (tertiary/aromatic N) is 1. The molecule has 1 saturated carbocycles. The first-order chi connectivity index (χ1) is 8.53. The number of rotatable bonds is 4. The van der Waals surface area contributed by atoms with E-state index in [1.165, 1.54) is 17.6 Å². The molecule has 1 aliphatic rings. The maximum absolute atomic E-state index is 12.2. The third-order valence-electron chi connectivity index (χ3n) is 4.03. The van der Waals surface area contributed by atoms with E-state index in [9.17, 15) is 4.79 Å². The van der Waals surface area contributed by atoms with Gasteiger partial charge in [-0.3, -0.25) is 4.79 Å². The van der Waals surface area contributed by atoms with Crippen molar-refractivity contribution >= 4 is 17.3 Å². The fraction of sp³-hybridized carbons (Fsp3) is 0.643. The third kappa shape index (κ3) is 1.97. The fourth-order valence-corrected chi connectivity index (χ4v) is 4.23. The molecule has 4 heteroatoms. The van der Waals surface area contributed by atoms with Gasteiger partial charge in [0.2, 0.25) is 0 Å². The van der Waals surface area contributed by atoms with Gasteiger partial charge in [0.25, 0.3) is 0 Å². The molecule has 0 aromatic carbocycles. The molecule has 1 heterocycles. The Morgan fingerprint density at radius 2 is 2.17 bits per heavy atom. The molecule has 0 N–H and O–H groups in total. The second-order valence-electron chi connectivity index (χ2n) is 5.34. The molecule has 0 aliphatic heterocycles. The lowest BCUT2D eigenvalue weighted by Crippen LogP contribution is -2.48. The lowest BCUT2D eigenvalue weighted by Gasteiger charge is -2.47. The first-order valence-corrected chi connectivity index (χ1v) is 7.20. The highest BCUT2D eigenvalue weighted by Crippen LogP contribution is 2.54. The summed E-state index contributed by atoms with van der Waals surface area (Å²) in [5.41, 5.74) is 0.933. The molecule has 0 bridgehead atoms.